The third-order valence-electron chi connectivity index (χ3n) is 5.10. The van der Waals surface area contributed by atoms with Gasteiger partial charge < -0.3 is 5.32 Å². The van der Waals surface area contributed by atoms with Gasteiger partial charge in [0.05, 0.1) is 22.8 Å². The number of nitrogens with one attached hydrogen (secondary N) is 1. The lowest BCUT2D eigenvalue weighted by Crippen LogP contribution is -2.28. The Morgan fingerprint density at radius 3 is 2.37 bits per heavy atom. The first-order chi connectivity index (χ1) is 14.4. The molecule has 3 aromatic rings. The summed E-state index contributed by atoms with van der Waals surface area (Å²) in [5, 5.41) is 7.47. The lowest BCUT2D eigenvalue weighted by molar-refractivity contribution is -0.116. The summed E-state index contributed by atoms with van der Waals surface area (Å²) in [6.45, 7) is 6.73. The van der Waals surface area contributed by atoms with E-state index in [1.54, 1.807) is 4.68 Å². The molecule has 30 heavy (non-hydrogen) atoms. The van der Waals surface area contributed by atoms with Gasteiger partial charge in [-0.1, -0.05) is 31.2 Å². The van der Waals surface area contributed by atoms with Crippen LogP contribution >= 0.6 is 0 Å². The van der Waals surface area contributed by atoms with E-state index in [0.717, 1.165) is 17.1 Å². The quantitative estimate of drug-likeness (QED) is 0.587. The molecule has 7 heteroatoms. The van der Waals surface area contributed by atoms with Crippen LogP contribution in [0.2, 0.25) is 0 Å². The third kappa shape index (κ3) is 4.91. The fourth-order valence-corrected chi connectivity index (χ4v) is 3.36. The number of carbonyl (C=O) groups is 1. The van der Waals surface area contributed by atoms with Crippen LogP contribution in [-0.2, 0) is 11.3 Å². The highest BCUT2D eigenvalue weighted by Crippen LogP contribution is 2.23. The van der Waals surface area contributed by atoms with Gasteiger partial charge in [0, 0.05) is 25.1 Å². The molecule has 0 aliphatic rings. The molecule has 0 atom stereocenters. The molecule has 1 heterocycles. The molecule has 1 N–H and O–H groups in total. The molecule has 3 rings (SSSR count). The monoisotopic (exact) mass is 412 g/mol. The average molecular weight is 412 g/mol. The van der Waals surface area contributed by atoms with Gasteiger partial charge >= 0.3 is 0 Å². The molecule has 0 aliphatic carbocycles. The summed E-state index contributed by atoms with van der Waals surface area (Å²) in [6, 6.07) is 13.5. The number of hydrogen-bond donors (Lipinski definition) is 1. The van der Waals surface area contributed by atoms with E-state index >= 15 is 0 Å². The van der Waals surface area contributed by atoms with Gasteiger partial charge in [0.15, 0.2) is 0 Å². The molecular formula is C23H26F2N4O. The van der Waals surface area contributed by atoms with E-state index in [1.807, 2.05) is 56.0 Å². The normalized spacial score (nSPS) is 11.1. The van der Waals surface area contributed by atoms with Crippen LogP contribution in [-0.4, -0.2) is 33.7 Å². The number of benzene rings is 2. The average Bonchev–Trinajstić information content (AvgIpc) is 3.02. The lowest BCUT2D eigenvalue weighted by atomic mass is 10.1. The number of halogens is 2. The number of carbonyl (C=O) groups excluding carboxylic acids is 1. The Hall–Kier alpha value is -3.06. The number of amides is 1. The second-order valence-corrected chi connectivity index (χ2v) is 7.16. The summed E-state index contributed by atoms with van der Waals surface area (Å²) in [5.74, 6) is -1.31. The van der Waals surface area contributed by atoms with E-state index in [9.17, 15) is 13.6 Å². The molecule has 0 saturated carbocycles. The first kappa shape index (κ1) is 21.6. The summed E-state index contributed by atoms with van der Waals surface area (Å²) in [5.41, 5.74) is 3.20. The zero-order valence-electron chi connectivity index (χ0n) is 17.5. The molecule has 1 aromatic heterocycles. The fraction of sp³-hybridized carbons (Fsp3) is 0.304. The van der Waals surface area contributed by atoms with Gasteiger partial charge in [-0.15, -0.1) is 0 Å². The zero-order valence-corrected chi connectivity index (χ0v) is 17.5. The molecule has 0 radical (unpaired) electrons. The van der Waals surface area contributed by atoms with E-state index < -0.39 is 11.6 Å². The van der Waals surface area contributed by atoms with Gasteiger partial charge in [0.1, 0.15) is 11.6 Å². The Bertz CT molecular complexity index is 997. The maximum absolute atomic E-state index is 13.9. The van der Waals surface area contributed by atoms with E-state index in [-0.39, 0.29) is 24.4 Å². The second kappa shape index (κ2) is 9.63. The highest BCUT2D eigenvalue weighted by atomic mass is 19.1. The number of aryl methyl sites for hydroxylation is 1. The van der Waals surface area contributed by atoms with Crippen molar-refractivity contribution in [1.29, 1.82) is 0 Å². The summed E-state index contributed by atoms with van der Waals surface area (Å²) in [6.07, 6.45) is 0.208. The Morgan fingerprint density at radius 1 is 1.07 bits per heavy atom. The minimum Gasteiger partial charge on any atom is -0.323 e. The second-order valence-electron chi connectivity index (χ2n) is 7.16. The molecule has 1 amide bonds. The molecular weight excluding hydrogens is 386 g/mol. The molecule has 2 aromatic carbocycles. The number of hydrogen-bond acceptors (Lipinski definition) is 3. The van der Waals surface area contributed by atoms with Crippen LogP contribution in [0.5, 0.6) is 0 Å². The molecule has 5 nitrogen and oxygen atoms in total. The summed E-state index contributed by atoms with van der Waals surface area (Å²) >= 11 is 0. The van der Waals surface area contributed by atoms with Crippen molar-refractivity contribution in [2.45, 2.75) is 33.7 Å². The molecule has 0 spiro atoms. The molecule has 158 valence electrons. The van der Waals surface area contributed by atoms with Crippen LogP contribution < -0.4 is 5.32 Å². The Labute approximate surface area is 175 Å². The summed E-state index contributed by atoms with van der Waals surface area (Å²) in [4.78, 5) is 14.4. The number of aromatic nitrogens is 2. The van der Waals surface area contributed by atoms with Gasteiger partial charge in [-0.25, -0.2) is 13.5 Å². The predicted octanol–water partition coefficient (Wildman–Crippen LogP) is 4.62. The predicted molar refractivity (Wildman–Crippen MR) is 114 cm³/mol. The number of anilines is 1. The third-order valence-corrected chi connectivity index (χ3v) is 5.10. The highest BCUT2D eigenvalue weighted by molar-refractivity contribution is 5.92. The van der Waals surface area contributed by atoms with Crippen molar-refractivity contribution in [3.05, 3.63) is 77.1 Å². The lowest BCUT2D eigenvalue weighted by Gasteiger charge is -2.20. The van der Waals surface area contributed by atoms with Gasteiger partial charge in [-0.2, -0.15) is 5.10 Å². The summed E-state index contributed by atoms with van der Waals surface area (Å²) < 4.78 is 29.6. The summed E-state index contributed by atoms with van der Waals surface area (Å²) in [7, 11) is 0. The van der Waals surface area contributed by atoms with E-state index in [4.69, 9.17) is 0 Å². The number of para-hydroxylation sites is 1. The van der Waals surface area contributed by atoms with Crippen LogP contribution in [0.15, 0.2) is 48.5 Å². The van der Waals surface area contributed by atoms with Crippen LogP contribution in [0.4, 0.5) is 14.5 Å². The first-order valence-electron chi connectivity index (χ1n) is 9.97. The maximum Gasteiger partial charge on any atom is 0.225 e. The minimum absolute atomic E-state index is 0.0237. The Morgan fingerprint density at radius 2 is 1.73 bits per heavy atom. The van der Waals surface area contributed by atoms with Crippen LogP contribution in [0.3, 0.4) is 0 Å². The van der Waals surface area contributed by atoms with E-state index in [1.165, 1.54) is 18.2 Å². The molecule has 0 unspecified atom stereocenters. The topological polar surface area (TPSA) is 50.2 Å². The molecule has 0 saturated heterocycles. The number of nitrogens with zero attached hydrogens (tertiary/aromatic N) is 3. The van der Waals surface area contributed by atoms with Crippen molar-refractivity contribution in [1.82, 2.24) is 14.7 Å². The maximum atomic E-state index is 13.9. The highest BCUT2D eigenvalue weighted by Gasteiger charge is 2.17. The van der Waals surface area contributed by atoms with E-state index in [0.29, 0.717) is 18.8 Å². The van der Waals surface area contributed by atoms with Crippen molar-refractivity contribution >= 4 is 11.6 Å². The van der Waals surface area contributed by atoms with Crippen molar-refractivity contribution < 1.29 is 13.6 Å². The van der Waals surface area contributed by atoms with Crippen molar-refractivity contribution in [2.24, 2.45) is 0 Å². The molecule has 0 fully saturated rings. The first-order valence-corrected chi connectivity index (χ1v) is 9.97. The Balaban J connectivity index is 1.64. The Kier molecular flexibility index (Phi) is 6.95. The van der Waals surface area contributed by atoms with Gasteiger partial charge in [0.2, 0.25) is 5.91 Å². The van der Waals surface area contributed by atoms with Crippen molar-refractivity contribution in [3.63, 3.8) is 0 Å². The van der Waals surface area contributed by atoms with Crippen molar-refractivity contribution in [2.75, 3.05) is 18.4 Å². The van der Waals surface area contributed by atoms with E-state index in [2.05, 4.69) is 10.4 Å². The minimum atomic E-state index is -0.572. The van der Waals surface area contributed by atoms with Crippen LogP contribution in [0.25, 0.3) is 5.69 Å². The molecule has 0 bridgehead atoms. The standard InChI is InChI=1S/C23H26F2N4O/c1-4-28(15-19-20(24)11-8-12-21(19)25)14-13-22(30)26-23-16(2)27-29(17(23)3)18-9-6-5-7-10-18/h5-12H,4,13-15H2,1-3H3,(H,26,30). The largest absolute Gasteiger partial charge is 0.323 e. The van der Waals surface area contributed by atoms with Crippen LogP contribution in [0, 0.1) is 25.5 Å². The van der Waals surface area contributed by atoms with Gasteiger partial charge in [-0.3, -0.25) is 9.69 Å². The fourth-order valence-electron chi connectivity index (χ4n) is 3.36. The SMILES string of the molecule is CCN(CCC(=O)Nc1c(C)nn(-c2ccccc2)c1C)Cc1c(F)cccc1F. The van der Waals surface area contributed by atoms with Crippen molar-refractivity contribution in [3.8, 4) is 5.69 Å². The smallest absolute Gasteiger partial charge is 0.225 e. The van der Waals surface area contributed by atoms with Crippen LogP contribution in [0.1, 0.15) is 30.3 Å². The van der Waals surface area contributed by atoms with Gasteiger partial charge in [-0.05, 0) is 44.7 Å². The van der Waals surface area contributed by atoms with Gasteiger partial charge in [0.25, 0.3) is 0 Å². The molecule has 0 aliphatic heterocycles. The zero-order chi connectivity index (χ0) is 21.7. The number of rotatable bonds is 8.